The zero-order valence-electron chi connectivity index (χ0n) is 7.23. The van der Waals surface area contributed by atoms with E-state index in [1.54, 1.807) is 6.08 Å². The van der Waals surface area contributed by atoms with E-state index in [9.17, 15) is 4.79 Å². The molecule has 2 aliphatic carbocycles. The number of benzene rings is 1. The van der Waals surface area contributed by atoms with E-state index in [1.165, 1.54) is 11.1 Å². The fourth-order valence-electron chi connectivity index (χ4n) is 2.45. The van der Waals surface area contributed by atoms with Crippen molar-refractivity contribution in [3.05, 3.63) is 47.5 Å². The molecule has 0 saturated carbocycles. The Labute approximate surface area is 77.1 Å². The minimum absolute atomic E-state index is 0.159. The van der Waals surface area contributed by atoms with Crippen molar-refractivity contribution in [2.75, 3.05) is 0 Å². The molecule has 0 heterocycles. The molecule has 2 bridgehead atoms. The summed E-state index contributed by atoms with van der Waals surface area (Å²) in [5.41, 5.74) is 2.61. The lowest BCUT2D eigenvalue weighted by molar-refractivity contribution is -0.116. The van der Waals surface area contributed by atoms with E-state index in [2.05, 4.69) is 18.2 Å². The van der Waals surface area contributed by atoms with Gasteiger partial charge in [0.15, 0.2) is 5.78 Å². The molecule has 2 aliphatic rings. The Bertz CT molecular complexity index is 403. The zero-order chi connectivity index (χ0) is 8.84. The van der Waals surface area contributed by atoms with Crippen LogP contribution in [-0.4, -0.2) is 5.78 Å². The van der Waals surface area contributed by atoms with E-state index in [0.29, 0.717) is 5.92 Å². The molecular formula is C12H10O. The van der Waals surface area contributed by atoms with Gasteiger partial charge in [-0.1, -0.05) is 30.3 Å². The van der Waals surface area contributed by atoms with Gasteiger partial charge in [0, 0.05) is 11.8 Å². The molecule has 13 heavy (non-hydrogen) atoms. The Morgan fingerprint density at radius 2 is 1.92 bits per heavy atom. The molecule has 1 heteroatoms. The number of carbonyl (C=O) groups excluding carboxylic acids is 1. The third-order valence-electron chi connectivity index (χ3n) is 3.10. The van der Waals surface area contributed by atoms with Gasteiger partial charge in [0.1, 0.15) is 0 Å². The molecule has 0 aromatic heterocycles. The van der Waals surface area contributed by atoms with Gasteiger partial charge in [-0.05, 0) is 23.6 Å². The molecule has 64 valence electrons. The van der Waals surface area contributed by atoms with Crippen molar-refractivity contribution >= 4 is 5.78 Å². The van der Waals surface area contributed by atoms with Gasteiger partial charge in [-0.15, -0.1) is 0 Å². The van der Waals surface area contributed by atoms with Crippen LogP contribution in [0.1, 0.15) is 29.4 Å². The van der Waals surface area contributed by atoms with Crippen LogP contribution in [0.3, 0.4) is 0 Å². The lowest BCUT2D eigenvalue weighted by Gasteiger charge is -2.10. The van der Waals surface area contributed by atoms with Gasteiger partial charge >= 0.3 is 0 Å². The highest BCUT2D eigenvalue weighted by molar-refractivity contribution is 5.98. The summed E-state index contributed by atoms with van der Waals surface area (Å²) in [5, 5.41) is 0. The average molecular weight is 170 g/mol. The summed E-state index contributed by atoms with van der Waals surface area (Å²) in [6, 6.07) is 8.30. The Morgan fingerprint density at radius 1 is 1.15 bits per heavy atom. The van der Waals surface area contributed by atoms with Crippen LogP contribution in [0.2, 0.25) is 0 Å². The van der Waals surface area contributed by atoms with E-state index in [0.717, 1.165) is 6.42 Å². The van der Waals surface area contributed by atoms with Gasteiger partial charge in [-0.25, -0.2) is 0 Å². The molecule has 1 nitrogen and oxygen atoms in total. The molecule has 2 unspecified atom stereocenters. The highest BCUT2D eigenvalue weighted by Crippen LogP contribution is 2.45. The second-order valence-electron chi connectivity index (χ2n) is 3.79. The SMILES string of the molecule is O=C1C=CC2CC1c1ccccc12. The van der Waals surface area contributed by atoms with E-state index in [-0.39, 0.29) is 11.7 Å². The Kier molecular flexibility index (Phi) is 1.26. The number of allylic oxidation sites excluding steroid dienone is 2. The van der Waals surface area contributed by atoms with Crippen molar-refractivity contribution in [1.82, 2.24) is 0 Å². The monoisotopic (exact) mass is 170 g/mol. The number of ketones is 1. The van der Waals surface area contributed by atoms with Crippen molar-refractivity contribution in [2.24, 2.45) is 0 Å². The first-order valence-electron chi connectivity index (χ1n) is 4.67. The average Bonchev–Trinajstić information content (AvgIpc) is 2.48. The van der Waals surface area contributed by atoms with Crippen LogP contribution in [-0.2, 0) is 4.79 Å². The predicted octanol–water partition coefficient (Wildman–Crippen LogP) is 2.40. The minimum Gasteiger partial charge on any atom is -0.294 e. The smallest absolute Gasteiger partial charge is 0.162 e. The summed E-state index contributed by atoms with van der Waals surface area (Å²) in [6.45, 7) is 0. The third-order valence-corrected chi connectivity index (χ3v) is 3.10. The molecule has 0 spiro atoms. The predicted molar refractivity (Wildman–Crippen MR) is 50.7 cm³/mol. The summed E-state index contributed by atoms with van der Waals surface area (Å²) in [7, 11) is 0. The lowest BCUT2D eigenvalue weighted by atomic mass is 9.92. The van der Waals surface area contributed by atoms with Crippen LogP contribution in [0.4, 0.5) is 0 Å². The van der Waals surface area contributed by atoms with E-state index >= 15 is 0 Å². The van der Waals surface area contributed by atoms with Gasteiger partial charge in [0.2, 0.25) is 0 Å². The second kappa shape index (κ2) is 2.32. The second-order valence-corrected chi connectivity index (χ2v) is 3.79. The first-order valence-corrected chi connectivity index (χ1v) is 4.67. The van der Waals surface area contributed by atoms with Gasteiger partial charge in [0.05, 0.1) is 0 Å². The standard InChI is InChI=1S/C12H10O/c13-12-6-5-8-7-11(12)10-4-2-1-3-9(8)10/h1-6,8,11H,7H2. The summed E-state index contributed by atoms with van der Waals surface area (Å²) in [5.74, 6) is 0.936. The maximum Gasteiger partial charge on any atom is 0.162 e. The number of fused-ring (bicyclic) bond motifs is 5. The van der Waals surface area contributed by atoms with E-state index < -0.39 is 0 Å². The molecule has 0 N–H and O–H groups in total. The summed E-state index contributed by atoms with van der Waals surface area (Å²) in [6.07, 6.45) is 4.79. The molecule has 0 saturated heterocycles. The fourth-order valence-corrected chi connectivity index (χ4v) is 2.45. The Balaban J connectivity index is 2.25. The van der Waals surface area contributed by atoms with Crippen LogP contribution in [0.15, 0.2) is 36.4 Å². The number of carbonyl (C=O) groups is 1. The molecule has 0 amide bonds. The molecule has 3 rings (SSSR count). The van der Waals surface area contributed by atoms with Crippen molar-refractivity contribution in [3.8, 4) is 0 Å². The third kappa shape index (κ3) is 0.844. The highest BCUT2D eigenvalue weighted by atomic mass is 16.1. The number of rotatable bonds is 0. The molecule has 0 radical (unpaired) electrons. The number of hydrogen-bond acceptors (Lipinski definition) is 1. The minimum atomic E-state index is 0.159. The van der Waals surface area contributed by atoms with Crippen LogP contribution in [0, 0.1) is 0 Å². The highest BCUT2D eigenvalue weighted by Gasteiger charge is 2.35. The molecule has 0 aliphatic heterocycles. The van der Waals surface area contributed by atoms with Crippen LogP contribution in [0.25, 0.3) is 0 Å². The number of hydrogen-bond donors (Lipinski definition) is 0. The molecule has 0 fully saturated rings. The molecule has 1 aromatic carbocycles. The normalized spacial score (nSPS) is 29.1. The fraction of sp³-hybridized carbons (Fsp3) is 0.250. The Hall–Kier alpha value is -1.37. The van der Waals surface area contributed by atoms with E-state index in [4.69, 9.17) is 0 Å². The maximum atomic E-state index is 11.5. The van der Waals surface area contributed by atoms with Gasteiger partial charge in [-0.3, -0.25) is 4.79 Å². The molecule has 2 atom stereocenters. The van der Waals surface area contributed by atoms with Crippen LogP contribution >= 0.6 is 0 Å². The molecule has 1 aromatic rings. The van der Waals surface area contributed by atoms with Crippen molar-refractivity contribution in [2.45, 2.75) is 18.3 Å². The van der Waals surface area contributed by atoms with Gasteiger partial charge in [0.25, 0.3) is 0 Å². The van der Waals surface area contributed by atoms with Crippen molar-refractivity contribution < 1.29 is 4.79 Å². The molecular weight excluding hydrogens is 160 g/mol. The van der Waals surface area contributed by atoms with Crippen molar-refractivity contribution in [1.29, 1.82) is 0 Å². The van der Waals surface area contributed by atoms with Gasteiger partial charge in [-0.2, -0.15) is 0 Å². The first kappa shape index (κ1) is 7.07. The summed E-state index contributed by atoms with van der Waals surface area (Å²) in [4.78, 5) is 11.5. The summed E-state index contributed by atoms with van der Waals surface area (Å²) < 4.78 is 0. The topological polar surface area (TPSA) is 17.1 Å². The summed E-state index contributed by atoms with van der Waals surface area (Å²) >= 11 is 0. The van der Waals surface area contributed by atoms with Crippen molar-refractivity contribution in [3.63, 3.8) is 0 Å². The first-order chi connectivity index (χ1) is 6.36. The lowest BCUT2D eigenvalue weighted by Crippen LogP contribution is -2.09. The largest absolute Gasteiger partial charge is 0.294 e. The van der Waals surface area contributed by atoms with Crippen LogP contribution < -0.4 is 0 Å². The quantitative estimate of drug-likeness (QED) is 0.584. The maximum absolute atomic E-state index is 11.5. The van der Waals surface area contributed by atoms with Gasteiger partial charge < -0.3 is 0 Å². The Morgan fingerprint density at radius 3 is 2.77 bits per heavy atom. The zero-order valence-corrected chi connectivity index (χ0v) is 7.23. The van der Waals surface area contributed by atoms with Crippen LogP contribution in [0.5, 0.6) is 0 Å². The van der Waals surface area contributed by atoms with E-state index in [1.807, 2.05) is 12.1 Å².